The highest BCUT2D eigenvalue weighted by atomic mass is 16.5. The Morgan fingerprint density at radius 3 is 2.43 bits per heavy atom. The van der Waals surface area contributed by atoms with E-state index in [-0.39, 0.29) is 5.91 Å². The summed E-state index contributed by atoms with van der Waals surface area (Å²) in [6.45, 7) is 0.499. The van der Waals surface area contributed by atoms with Gasteiger partial charge in [-0.2, -0.15) is 5.10 Å². The maximum absolute atomic E-state index is 12.7. The van der Waals surface area contributed by atoms with E-state index in [1.807, 2.05) is 54.6 Å². The molecule has 0 aromatic heterocycles. The Hall–Kier alpha value is -3.15. The smallest absolute Gasteiger partial charge is 0.346 e. The average Bonchev–Trinajstić information content (AvgIpc) is 2.96. The summed E-state index contributed by atoms with van der Waals surface area (Å²) in [5.41, 5.74) is 1.14. The molecule has 1 N–H and O–H groups in total. The van der Waals surface area contributed by atoms with E-state index in [0.29, 0.717) is 19.4 Å². The molecule has 1 spiro atoms. The number of urea groups is 1. The highest BCUT2D eigenvalue weighted by molar-refractivity contribution is 6.07. The van der Waals surface area contributed by atoms with Gasteiger partial charge < -0.3 is 10.1 Å². The first-order valence-corrected chi connectivity index (χ1v) is 9.64. The van der Waals surface area contributed by atoms with Crippen LogP contribution in [0.1, 0.15) is 43.2 Å². The molecule has 2 aliphatic rings. The van der Waals surface area contributed by atoms with Crippen LogP contribution in [0, 0.1) is 0 Å². The van der Waals surface area contributed by atoms with Gasteiger partial charge in [0, 0.05) is 0 Å². The molecule has 2 fully saturated rings. The minimum Gasteiger partial charge on any atom is -0.489 e. The molecule has 28 heavy (non-hydrogen) atoms. The Morgan fingerprint density at radius 1 is 1.00 bits per heavy atom. The maximum atomic E-state index is 12.7. The van der Waals surface area contributed by atoms with E-state index in [4.69, 9.17) is 4.74 Å². The largest absolute Gasteiger partial charge is 0.489 e. The zero-order valence-electron chi connectivity index (χ0n) is 15.6. The van der Waals surface area contributed by atoms with Crippen molar-refractivity contribution in [1.29, 1.82) is 0 Å². The number of nitrogens with one attached hydrogen (secondary N) is 1. The Kier molecular flexibility index (Phi) is 5.10. The van der Waals surface area contributed by atoms with Crippen LogP contribution in [-0.2, 0) is 11.4 Å². The van der Waals surface area contributed by atoms with Crippen molar-refractivity contribution in [1.82, 2.24) is 10.3 Å². The first-order valence-electron chi connectivity index (χ1n) is 9.64. The quantitative estimate of drug-likeness (QED) is 0.635. The molecule has 4 rings (SSSR count). The van der Waals surface area contributed by atoms with Gasteiger partial charge in [0.1, 0.15) is 17.9 Å². The van der Waals surface area contributed by atoms with Gasteiger partial charge in [-0.1, -0.05) is 49.6 Å². The van der Waals surface area contributed by atoms with Crippen LogP contribution >= 0.6 is 0 Å². The molecular weight excluding hydrogens is 354 g/mol. The Balaban J connectivity index is 1.38. The van der Waals surface area contributed by atoms with Gasteiger partial charge in [-0.25, -0.2) is 4.79 Å². The van der Waals surface area contributed by atoms with Crippen molar-refractivity contribution in [3.8, 4) is 5.75 Å². The molecule has 0 bridgehead atoms. The van der Waals surface area contributed by atoms with Gasteiger partial charge in [-0.05, 0) is 48.2 Å². The lowest BCUT2D eigenvalue weighted by atomic mass is 9.82. The van der Waals surface area contributed by atoms with E-state index < -0.39 is 11.6 Å². The summed E-state index contributed by atoms with van der Waals surface area (Å²) in [4.78, 5) is 24.9. The summed E-state index contributed by atoms with van der Waals surface area (Å²) in [5, 5.41) is 7.95. The lowest BCUT2D eigenvalue weighted by Gasteiger charge is -2.29. The molecule has 1 heterocycles. The van der Waals surface area contributed by atoms with E-state index in [0.717, 1.165) is 41.1 Å². The lowest BCUT2D eigenvalue weighted by Crippen LogP contribution is -2.48. The van der Waals surface area contributed by atoms with Crippen molar-refractivity contribution < 1.29 is 14.3 Å². The fourth-order valence-electron chi connectivity index (χ4n) is 3.72. The number of hydrazone groups is 1. The van der Waals surface area contributed by atoms with Crippen molar-refractivity contribution in [2.75, 3.05) is 0 Å². The Morgan fingerprint density at radius 2 is 1.71 bits per heavy atom. The molecule has 1 aliphatic heterocycles. The summed E-state index contributed by atoms with van der Waals surface area (Å²) in [7, 11) is 0. The summed E-state index contributed by atoms with van der Waals surface area (Å²) in [6, 6.07) is 16.9. The molecule has 0 atom stereocenters. The fraction of sp³-hybridized carbons (Fsp3) is 0.318. The third-order valence-corrected chi connectivity index (χ3v) is 5.30. The van der Waals surface area contributed by atoms with Crippen molar-refractivity contribution in [2.45, 2.75) is 44.2 Å². The fourth-order valence-corrected chi connectivity index (χ4v) is 3.72. The van der Waals surface area contributed by atoms with E-state index >= 15 is 0 Å². The number of nitrogens with zero attached hydrogens (tertiary/aromatic N) is 2. The number of hydrogen-bond donors (Lipinski definition) is 1. The number of hydrogen-bond acceptors (Lipinski definition) is 4. The van der Waals surface area contributed by atoms with Crippen LogP contribution < -0.4 is 10.1 Å². The van der Waals surface area contributed by atoms with Crippen LogP contribution in [0.25, 0.3) is 0 Å². The molecule has 0 radical (unpaired) electrons. The monoisotopic (exact) mass is 377 g/mol. The molecular formula is C22H23N3O3. The van der Waals surface area contributed by atoms with Crippen molar-refractivity contribution >= 4 is 18.2 Å². The molecule has 1 aliphatic carbocycles. The van der Waals surface area contributed by atoms with Gasteiger partial charge >= 0.3 is 6.03 Å². The summed E-state index contributed by atoms with van der Waals surface area (Å²) >= 11 is 0. The van der Waals surface area contributed by atoms with Crippen LogP contribution in [0.3, 0.4) is 0 Å². The lowest BCUT2D eigenvalue weighted by molar-refractivity contribution is -0.132. The van der Waals surface area contributed by atoms with Crippen LogP contribution in [0.5, 0.6) is 5.75 Å². The van der Waals surface area contributed by atoms with Gasteiger partial charge in [-0.15, -0.1) is 5.01 Å². The van der Waals surface area contributed by atoms with E-state index in [2.05, 4.69) is 10.4 Å². The number of benzene rings is 2. The highest BCUT2D eigenvalue weighted by Crippen LogP contribution is 2.33. The molecule has 1 saturated carbocycles. The Labute approximate surface area is 164 Å². The van der Waals surface area contributed by atoms with Gasteiger partial charge in [0.2, 0.25) is 0 Å². The van der Waals surface area contributed by atoms with Crippen molar-refractivity contribution in [3.05, 3.63) is 65.7 Å². The summed E-state index contributed by atoms with van der Waals surface area (Å²) < 4.78 is 5.76. The van der Waals surface area contributed by atoms with E-state index in [9.17, 15) is 9.59 Å². The number of carbonyl (C=O) groups excluding carboxylic acids is 2. The third kappa shape index (κ3) is 3.76. The van der Waals surface area contributed by atoms with Gasteiger partial charge in [0.15, 0.2) is 0 Å². The van der Waals surface area contributed by atoms with Crippen LogP contribution in [0.4, 0.5) is 4.79 Å². The van der Waals surface area contributed by atoms with E-state index in [1.54, 1.807) is 0 Å². The molecule has 2 aromatic rings. The van der Waals surface area contributed by atoms with Crippen LogP contribution in [-0.4, -0.2) is 28.7 Å². The summed E-state index contributed by atoms with van der Waals surface area (Å²) in [6.07, 6.45) is 5.92. The first kappa shape index (κ1) is 18.2. The molecule has 144 valence electrons. The number of imide groups is 1. The molecule has 3 amide bonds. The third-order valence-electron chi connectivity index (χ3n) is 5.30. The van der Waals surface area contributed by atoms with Crippen molar-refractivity contribution in [2.24, 2.45) is 5.10 Å². The second-order valence-electron chi connectivity index (χ2n) is 7.28. The average molecular weight is 377 g/mol. The number of amides is 3. The molecule has 6 heteroatoms. The molecule has 6 nitrogen and oxygen atoms in total. The molecule has 2 aromatic carbocycles. The number of ether oxygens (including phenoxy) is 1. The minimum absolute atomic E-state index is 0.240. The summed E-state index contributed by atoms with van der Waals surface area (Å²) in [5.74, 6) is 0.508. The molecule has 1 saturated heterocycles. The second kappa shape index (κ2) is 7.84. The van der Waals surface area contributed by atoms with Crippen LogP contribution in [0.15, 0.2) is 59.7 Å². The van der Waals surface area contributed by atoms with Gasteiger partial charge in [-0.3, -0.25) is 4.79 Å². The predicted octanol–water partition coefficient (Wildman–Crippen LogP) is 3.85. The predicted molar refractivity (Wildman–Crippen MR) is 106 cm³/mol. The SMILES string of the molecule is O=C1NC2(CCCCC2)C(=O)N1/N=C\c1ccc(OCc2ccccc2)cc1. The first-order chi connectivity index (χ1) is 13.7. The maximum Gasteiger partial charge on any atom is 0.346 e. The van der Waals surface area contributed by atoms with Gasteiger partial charge in [0.25, 0.3) is 5.91 Å². The number of rotatable bonds is 5. The number of carbonyl (C=O) groups is 2. The normalized spacial score (nSPS) is 18.6. The highest BCUT2D eigenvalue weighted by Gasteiger charge is 2.51. The van der Waals surface area contributed by atoms with Crippen LogP contribution in [0.2, 0.25) is 0 Å². The topological polar surface area (TPSA) is 71.0 Å². The zero-order valence-corrected chi connectivity index (χ0v) is 15.6. The van der Waals surface area contributed by atoms with Crippen molar-refractivity contribution in [3.63, 3.8) is 0 Å². The Bertz CT molecular complexity index is 872. The van der Waals surface area contributed by atoms with Gasteiger partial charge in [0.05, 0.1) is 6.21 Å². The van der Waals surface area contributed by atoms with E-state index in [1.165, 1.54) is 6.21 Å². The minimum atomic E-state index is -0.748. The zero-order chi connectivity index (χ0) is 19.4. The molecule has 0 unspecified atom stereocenters. The standard InChI is InChI=1S/C22H23N3O3/c26-20-22(13-5-2-6-14-22)24-21(27)25(20)23-15-17-9-11-19(12-10-17)28-16-18-7-3-1-4-8-18/h1,3-4,7-12,15H,2,5-6,13-14,16H2,(H,24,27)/b23-15-. The second-order valence-corrected chi connectivity index (χ2v) is 7.28.